The van der Waals surface area contributed by atoms with Crippen molar-refractivity contribution >= 4 is 18.0 Å². The van der Waals surface area contributed by atoms with Crippen LogP contribution < -0.4 is 5.32 Å². The van der Waals surface area contributed by atoms with Crippen LogP contribution in [0.25, 0.3) is 0 Å². The number of carbonyl (C=O) groups excluding carboxylic acids is 3. The van der Waals surface area contributed by atoms with Crippen molar-refractivity contribution in [3.05, 3.63) is 0 Å². The lowest BCUT2D eigenvalue weighted by molar-refractivity contribution is -0.148. The van der Waals surface area contributed by atoms with Gasteiger partial charge in [-0.25, -0.2) is 9.59 Å². The molecule has 0 aromatic carbocycles. The average molecular weight is 272 g/mol. The fourth-order valence-electron chi connectivity index (χ4n) is 2.13. The molecule has 2 unspecified atom stereocenters. The van der Waals surface area contributed by atoms with Crippen LogP contribution in [0, 0.1) is 0 Å². The number of esters is 1. The van der Waals surface area contributed by atoms with Crippen LogP contribution in [0.2, 0.25) is 0 Å². The molecule has 2 amide bonds. The van der Waals surface area contributed by atoms with E-state index in [1.54, 1.807) is 13.8 Å². The molecular formula is C12H20N2O5. The molecule has 7 heteroatoms. The zero-order valence-corrected chi connectivity index (χ0v) is 11.5. The zero-order valence-electron chi connectivity index (χ0n) is 11.5. The van der Waals surface area contributed by atoms with Crippen molar-refractivity contribution in [2.75, 3.05) is 19.8 Å². The highest BCUT2D eigenvalue weighted by Crippen LogP contribution is 2.20. The highest BCUT2D eigenvalue weighted by atomic mass is 16.6. The molecule has 2 atom stereocenters. The van der Waals surface area contributed by atoms with Crippen molar-refractivity contribution < 1.29 is 23.9 Å². The highest BCUT2D eigenvalue weighted by molar-refractivity contribution is 5.84. The molecule has 1 N–H and O–H groups in total. The van der Waals surface area contributed by atoms with Gasteiger partial charge in [-0.05, 0) is 20.3 Å². The van der Waals surface area contributed by atoms with E-state index < -0.39 is 24.1 Å². The number of amides is 2. The van der Waals surface area contributed by atoms with Crippen molar-refractivity contribution in [2.45, 2.75) is 39.3 Å². The maximum absolute atomic E-state index is 11.9. The molecule has 0 aromatic rings. The van der Waals surface area contributed by atoms with Crippen LogP contribution in [-0.2, 0) is 19.1 Å². The summed E-state index contributed by atoms with van der Waals surface area (Å²) in [6.45, 7) is 5.56. The largest absolute Gasteiger partial charge is 0.464 e. The normalized spacial score (nSPS) is 21.9. The summed E-state index contributed by atoms with van der Waals surface area (Å²) < 4.78 is 9.86. The topological polar surface area (TPSA) is 84.9 Å². The van der Waals surface area contributed by atoms with Crippen LogP contribution >= 0.6 is 0 Å². The Bertz CT molecular complexity index is 358. The van der Waals surface area contributed by atoms with Gasteiger partial charge in [0.1, 0.15) is 0 Å². The lowest BCUT2D eigenvalue weighted by Gasteiger charge is -2.25. The number of rotatable bonds is 4. The Hall–Kier alpha value is -1.79. The van der Waals surface area contributed by atoms with Crippen LogP contribution in [-0.4, -0.2) is 54.7 Å². The van der Waals surface area contributed by atoms with E-state index in [0.29, 0.717) is 13.0 Å². The van der Waals surface area contributed by atoms with Gasteiger partial charge >= 0.3 is 12.1 Å². The summed E-state index contributed by atoms with van der Waals surface area (Å²) in [6.07, 6.45) is -0.0598. The van der Waals surface area contributed by atoms with Crippen molar-refractivity contribution in [1.82, 2.24) is 10.2 Å². The van der Waals surface area contributed by atoms with Crippen LogP contribution in [0.15, 0.2) is 0 Å². The second kappa shape index (κ2) is 6.96. The molecule has 1 aliphatic rings. The zero-order chi connectivity index (χ0) is 14.4. The van der Waals surface area contributed by atoms with Gasteiger partial charge in [-0.3, -0.25) is 9.69 Å². The molecule has 0 aliphatic carbocycles. The van der Waals surface area contributed by atoms with Gasteiger partial charge in [0.25, 0.3) is 0 Å². The van der Waals surface area contributed by atoms with E-state index in [2.05, 4.69) is 5.32 Å². The maximum atomic E-state index is 11.9. The predicted molar refractivity (Wildman–Crippen MR) is 66.4 cm³/mol. The molecule has 1 aliphatic heterocycles. The number of nitrogens with one attached hydrogen (secondary N) is 1. The SMILES string of the molecule is CCOC(=O)C1C(NC(C)=O)CCN1C(=O)OCC. The molecular weight excluding hydrogens is 252 g/mol. The number of carbonyl (C=O) groups is 3. The Morgan fingerprint density at radius 3 is 2.37 bits per heavy atom. The van der Waals surface area contributed by atoms with Crippen molar-refractivity contribution in [1.29, 1.82) is 0 Å². The first-order valence-corrected chi connectivity index (χ1v) is 6.38. The number of ether oxygens (including phenoxy) is 2. The van der Waals surface area contributed by atoms with E-state index in [9.17, 15) is 14.4 Å². The van der Waals surface area contributed by atoms with Crippen LogP contribution in [0.4, 0.5) is 4.79 Å². The average Bonchev–Trinajstić information content (AvgIpc) is 2.72. The minimum absolute atomic E-state index is 0.221. The van der Waals surface area contributed by atoms with Gasteiger partial charge in [-0.2, -0.15) is 0 Å². The fraction of sp³-hybridized carbons (Fsp3) is 0.750. The Kier molecular flexibility index (Phi) is 5.59. The highest BCUT2D eigenvalue weighted by Gasteiger charge is 2.44. The first kappa shape index (κ1) is 15.3. The van der Waals surface area contributed by atoms with Gasteiger partial charge in [-0.15, -0.1) is 0 Å². The maximum Gasteiger partial charge on any atom is 0.410 e. The Morgan fingerprint density at radius 1 is 1.21 bits per heavy atom. The molecule has 1 rings (SSSR count). The number of hydrogen-bond donors (Lipinski definition) is 1. The van der Waals surface area contributed by atoms with E-state index in [0.717, 1.165) is 0 Å². The quantitative estimate of drug-likeness (QED) is 0.743. The monoisotopic (exact) mass is 272 g/mol. The second-order valence-electron chi connectivity index (χ2n) is 4.18. The van der Waals surface area contributed by atoms with Crippen LogP contribution in [0.3, 0.4) is 0 Å². The van der Waals surface area contributed by atoms with Crippen molar-refractivity contribution in [3.8, 4) is 0 Å². The van der Waals surface area contributed by atoms with Gasteiger partial charge in [0.05, 0.1) is 19.3 Å². The molecule has 0 aromatic heterocycles. The van der Waals surface area contributed by atoms with E-state index in [1.807, 2.05) is 0 Å². The molecule has 0 radical (unpaired) electrons. The van der Waals surface area contributed by atoms with Gasteiger partial charge < -0.3 is 14.8 Å². The summed E-state index contributed by atoms with van der Waals surface area (Å²) in [6, 6.07) is -1.25. The summed E-state index contributed by atoms with van der Waals surface area (Å²) in [7, 11) is 0. The summed E-state index contributed by atoms with van der Waals surface area (Å²) in [5.41, 5.74) is 0. The Morgan fingerprint density at radius 2 is 1.84 bits per heavy atom. The molecule has 0 bridgehead atoms. The van der Waals surface area contributed by atoms with E-state index >= 15 is 0 Å². The summed E-state index contributed by atoms with van der Waals surface area (Å²) >= 11 is 0. The molecule has 1 heterocycles. The number of nitrogens with zero attached hydrogens (tertiary/aromatic N) is 1. The molecule has 1 fully saturated rings. The van der Waals surface area contributed by atoms with Gasteiger partial charge in [0.2, 0.25) is 5.91 Å². The standard InChI is InChI=1S/C12H20N2O5/c1-4-18-11(16)10-9(13-8(3)15)6-7-14(10)12(17)19-5-2/h9-10H,4-7H2,1-3H3,(H,13,15). The number of likely N-dealkylation sites (tertiary alicyclic amines) is 1. The molecule has 1 saturated heterocycles. The first-order chi connectivity index (χ1) is 9.01. The fourth-order valence-corrected chi connectivity index (χ4v) is 2.13. The molecule has 108 valence electrons. The number of hydrogen-bond acceptors (Lipinski definition) is 5. The van der Waals surface area contributed by atoms with Gasteiger partial charge in [0, 0.05) is 13.5 Å². The summed E-state index contributed by atoms with van der Waals surface area (Å²) in [4.78, 5) is 36.2. The molecule has 0 spiro atoms. The van der Waals surface area contributed by atoms with Gasteiger partial charge in [-0.1, -0.05) is 0 Å². The van der Waals surface area contributed by atoms with Crippen molar-refractivity contribution in [2.24, 2.45) is 0 Å². The Balaban J connectivity index is 2.83. The lowest BCUT2D eigenvalue weighted by Crippen LogP contribution is -2.51. The second-order valence-corrected chi connectivity index (χ2v) is 4.18. The third-order valence-corrected chi connectivity index (χ3v) is 2.82. The molecule has 7 nitrogen and oxygen atoms in total. The first-order valence-electron chi connectivity index (χ1n) is 6.38. The summed E-state index contributed by atoms with van der Waals surface area (Å²) in [5, 5.41) is 2.67. The summed E-state index contributed by atoms with van der Waals surface area (Å²) in [5.74, 6) is -0.767. The molecule has 0 saturated carbocycles. The predicted octanol–water partition coefficient (Wildman–Crippen LogP) is 0.285. The van der Waals surface area contributed by atoms with Crippen molar-refractivity contribution in [3.63, 3.8) is 0 Å². The van der Waals surface area contributed by atoms with E-state index in [-0.39, 0.29) is 19.1 Å². The third-order valence-electron chi connectivity index (χ3n) is 2.82. The van der Waals surface area contributed by atoms with Crippen LogP contribution in [0.5, 0.6) is 0 Å². The molecule has 19 heavy (non-hydrogen) atoms. The smallest absolute Gasteiger partial charge is 0.410 e. The lowest BCUT2D eigenvalue weighted by atomic mass is 10.1. The van der Waals surface area contributed by atoms with Gasteiger partial charge in [0.15, 0.2) is 6.04 Å². The minimum atomic E-state index is -0.817. The van der Waals surface area contributed by atoms with Crippen LogP contribution in [0.1, 0.15) is 27.2 Å². The Labute approximate surface area is 112 Å². The van der Waals surface area contributed by atoms with E-state index in [4.69, 9.17) is 9.47 Å². The third kappa shape index (κ3) is 3.84. The van der Waals surface area contributed by atoms with E-state index in [1.165, 1.54) is 11.8 Å². The minimum Gasteiger partial charge on any atom is -0.464 e.